The van der Waals surface area contributed by atoms with Gasteiger partial charge in [0.15, 0.2) is 5.82 Å². The minimum atomic E-state index is 0.571. The standard InChI is InChI=1S/C11H11ClN4/c1-7-2-3-8(6-9(7)12)11-14-5-4-10(15-11)16-13/h2-6H,13H2,1H3,(H,14,15,16). The number of rotatable bonds is 2. The number of anilines is 1. The largest absolute Gasteiger partial charge is 0.308 e. The van der Waals surface area contributed by atoms with Crippen LogP contribution < -0.4 is 11.3 Å². The van der Waals surface area contributed by atoms with Crippen molar-refractivity contribution in [2.45, 2.75) is 6.92 Å². The van der Waals surface area contributed by atoms with E-state index >= 15 is 0 Å². The lowest BCUT2D eigenvalue weighted by Gasteiger charge is -2.04. The first-order valence-electron chi connectivity index (χ1n) is 4.77. The van der Waals surface area contributed by atoms with Crippen LogP contribution in [-0.2, 0) is 0 Å². The Morgan fingerprint density at radius 1 is 1.31 bits per heavy atom. The van der Waals surface area contributed by atoms with Crippen LogP contribution in [0.5, 0.6) is 0 Å². The number of benzene rings is 1. The molecule has 1 heterocycles. The van der Waals surface area contributed by atoms with Gasteiger partial charge in [0, 0.05) is 22.8 Å². The first-order chi connectivity index (χ1) is 7.70. The highest BCUT2D eigenvalue weighted by molar-refractivity contribution is 6.31. The van der Waals surface area contributed by atoms with Crippen molar-refractivity contribution in [1.29, 1.82) is 0 Å². The maximum Gasteiger partial charge on any atom is 0.161 e. The smallest absolute Gasteiger partial charge is 0.161 e. The van der Waals surface area contributed by atoms with Crippen LogP contribution in [0.1, 0.15) is 5.56 Å². The van der Waals surface area contributed by atoms with Gasteiger partial charge in [-0.1, -0.05) is 23.7 Å². The number of nitrogens with one attached hydrogen (secondary N) is 1. The molecule has 0 unspecified atom stereocenters. The fourth-order valence-electron chi connectivity index (χ4n) is 1.31. The Labute approximate surface area is 98.5 Å². The van der Waals surface area contributed by atoms with E-state index in [4.69, 9.17) is 17.4 Å². The monoisotopic (exact) mass is 234 g/mol. The van der Waals surface area contributed by atoms with Crippen LogP contribution in [-0.4, -0.2) is 9.97 Å². The number of hydrazine groups is 1. The third kappa shape index (κ3) is 2.13. The van der Waals surface area contributed by atoms with Crippen LogP contribution in [0.4, 0.5) is 5.82 Å². The lowest BCUT2D eigenvalue weighted by atomic mass is 10.1. The van der Waals surface area contributed by atoms with Crippen molar-refractivity contribution in [2.75, 3.05) is 5.43 Å². The molecule has 2 aromatic rings. The highest BCUT2D eigenvalue weighted by atomic mass is 35.5. The van der Waals surface area contributed by atoms with E-state index in [9.17, 15) is 0 Å². The van der Waals surface area contributed by atoms with Crippen molar-refractivity contribution in [1.82, 2.24) is 9.97 Å². The number of aryl methyl sites for hydroxylation is 1. The SMILES string of the molecule is Cc1ccc(-c2nccc(NN)n2)cc1Cl. The van der Waals surface area contributed by atoms with E-state index in [1.165, 1.54) is 0 Å². The fourth-order valence-corrected chi connectivity index (χ4v) is 1.49. The molecule has 0 saturated heterocycles. The van der Waals surface area contributed by atoms with E-state index in [2.05, 4.69) is 15.4 Å². The Kier molecular flexibility index (Phi) is 3.03. The molecule has 1 aromatic carbocycles. The van der Waals surface area contributed by atoms with Crippen molar-refractivity contribution in [3.05, 3.63) is 41.0 Å². The Morgan fingerprint density at radius 3 is 2.81 bits per heavy atom. The predicted molar refractivity (Wildman–Crippen MR) is 65.0 cm³/mol. The summed E-state index contributed by atoms with van der Waals surface area (Å²) >= 11 is 6.04. The van der Waals surface area contributed by atoms with E-state index in [1.807, 2.05) is 25.1 Å². The van der Waals surface area contributed by atoms with Crippen molar-refractivity contribution >= 4 is 17.4 Å². The molecule has 0 radical (unpaired) electrons. The topological polar surface area (TPSA) is 63.8 Å². The summed E-state index contributed by atoms with van der Waals surface area (Å²) in [6.07, 6.45) is 1.64. The summed E-state index contributed by atoms with van der Waals surface area (Å²) in [5.74, 6) is 6.45. The van der Waals surface area contributed by atoms with Gasteiger partial charge in [0.1, 0.15) is 5.82 Å². The van der Waals surface area contributed by atoms with Crippen LogP contribution in [0.15, 0.2) is 30.5 Å². The molecule has 16 heavy (non-hydrogen) atoms. The summed E-state index contributed by atoms with van der Waals surface area (Å²) in [6, 6.07) is 7.40. The average Bonchev–Trinajstić information content (AvgIpc) is 2.33. The van der Waals surface area contributed by atoms with Gasteiger partial charge in [-0.2, -0.15) is 0 Å². The molecule has 2 rings (SSSR count). The molecule has 0 fully saturated rings. The summed E-state index contributed by atoms with van der Waals surface area (Å²) in [7, 11) is 0. The van der Waals surface area contributed by atoms with Gasteiger partial charge in [0.2, 0.25) is 0 Å². The first-order valence-corrected chi connectivity index (χ1v) is 5.14. The van der Waals surface area contributed by atoms with E-state index in [0.29, 0.717) is 16.7 Å². The maximum absolute atomic E-state index is 6.04. The Morgan fingerprint density at radius 2 is 2.12 bits per heavy atom. The van der Waals surface area contributed by atoms with Crippen molar-refractivity contribution in [2.24, 2.45) is 5.84 Å². The summed E-state index contributed by atoms with van der Waals surface area (Å²) in [5.41, 5.74) is 4.37. The average molecular weight is 235 g/mol. The minimum Gasteiger partial charge on any atom is -0.308 e. The molecule has 82 valence electrons. The Balaban J connectivity index is 2.46. The second kappa shape index (κ2) is 4.47. The second-order valence-corrected chi connectivity index (χ2v) is 3.78. The molecule has 0 atom stereocenters. The van der Waals surface area contributed by atoms with Gasteiger partial charge in [-0.3, -0.25) is 0 Å². The molecule has 5 heteroatoms. The van der Waals surface area contributed by atoms with Crippen LogP contribution >= 0.6 is 11.6 Å². The number of aromatic nitrogens is 2. The zero-order valence-electron chi connectivity index (χ0n) is 8.74. The molecule has 0 amide bonds. The van der Waals surface area contributed by atoms with Crippen LogP contribution in [0.3, 0.4) is 0 Å². The summed E-state index contributed by atoms with van der Waals surface area (Å²) < 4.78 is 0. The summed E-state index contributed by atoms with van der Waals surface area (Å²) in [5, 5.41) is 0.701. The summed E-state index contributed by atoms with van der Waals surface area (Å²) in [6.45, 7) is 1.95. The third-order valence-corrected chi connectivity index (χ3v) is 2.64. The molecular weight excluding hydrogens is 224 g/mol. The van der Waals surface area contributed by atoms with Crippen molar-refractivity contribution in [3.63, 3.8) is 0 Å². The molecule has 4 nitrogen and oxygen atoms in total. The number of nitrogen functional groups attached to an aromatic ring is 1. The van der Waals surface area contributed by atoms with Crippen molar-refractivity contribution < 1.29 is 0 Å². The van der Waals surface area contributed by atoms with Crippen molar-refractivity contribution in [3.8, 4) is 11.4 Å². The lowest BCUT2D eigenvalue weighted by molar-refractivity contribution is 1.14. The highest BCUT2D eigenvalue weighted by Gasteiger charge is 2.04. The van der Waals surface area contributed by atoms with Gasteiger partial charge in [-0.05, 0) is 18.6 Å². The predicted octanol–water partition coefficient (Wildman–Crippen LogP) is 2.39. The van der Waals surface area contributed by atoms with Crippen LogP contribution in [0.2, 0.25) is 5.02 Å². The van der Waals surface area contributed by atoms with Crippen LogP contribution in [0, 0.1) is 6.92 Å². The molecule has 0 aliphatic rings. The van der Waals surface area contributed by atoms with Crippen LogP contribution in [0.25, 0.3) is 11.4 Å². The van der Waals surface area contributed by atoms with Gasteiger partial charge in [0.25, 0.3) is 0 Å². The molecule has 0 saturated carbocycles. The third-order valence-electron chi connectivity index (χ3n) is 2.23. The summed E-state index contributed by atoms with van der Waals surface area (Å²) in [4.78, 5) is 8.39. The molecule has 1 aromatic heterocycles. The van der Waals surface area contributed by atoms with Gasteiger partial charge < -0.3 is 5.43 Å². The second-order valence-electron chi connectivity index (χ2n) is 3.37. The van der Waals surface area contributed by atoms with E-state index < -0.39 is 0 Å². The highest BCUT2D eigenvalue weighted by Crippen LogP contribution is 2.23. The normalized spacial score (nSPS) is 10.2. The number of nitrogens with zero attached hydrogens (tertiary/aromatic N) is 2. The zero-order valence-corrected chi connectivity index (χ0v) is 9.49. The zero-order chi connectivity index (χ0) is 11.5. The maximum atomic E-state index is 6.04. The fraction of sp³-hybridized carbons (Fsp3) is 0.0909. The molecule has 0 spiro atoms. The van der Waals surface area contributed by atoms with Gasteiger partial charge in [-0.25, -0.2) is 15.8 Å². The molecule has 0 aliphatic heterocycles. The molecule has 3 N–H and O–H groups in total. The Hall–Kier alpha value is -1.65. The minimum absolute atomic E-state index is 0.571. The van der Waals surface area contributed by atoms with E-state index in [1.54, 1.807) is 12.3 Å². The Bertz CT molecular complexity index is 513. The number of halogens is 1. The molecule has 0 bridgehead atoms. The van der Waals surface area contributed by atoms with E-state index in [-0.39, 0.29) is 0 Å². The number of hydrogen-bond donors (Lipinski definition) is 2. The lowest BCUT2D eigenvalue weighted by Crippen LogP contribution is -2.09. The molecule has 0 aliphatic carbocycles. The first kappa shape index (κ1) is 10.9. The van der Waals surface area contributed by atoms with Gasteiger partial charge >= 0.3 is 0 Å². The van der Waals surface area contributed by atoms with Gasteiger partial charge in [-0.15, -0.1) is 0 Å². The number of hydrogen-bond acceptors (Lipinski definition) is 4. The molecular formula is C11H11ClN4. The quantitative estimate of drug-likeness (QED) is 0.619. The number of nitrogens with two attached hydrogens (primary N) is 1. The van der Waals surface area contributed by atoms with E-state index in [0.717, 1.165) is 11.1 Å². The van der Waals surface area contributed by atoms with Gasteiger partial charge in [0.05, 0.1) is 0 Å².